The zero-order valence-electron chi connectivity index (χ0n) is 16.1. The Morgan fingerprint density at radius 1 is 1.00 bits per heavy atom. The van der Waals surface area contributed by atoms with Crippen LogP contribution in [-0.2, 0) is 13.2 Å². The van der Waals surface area contributed by atoms with Gasteiger partial charge in [-0.3, -0.25) is 0 Å². The van der Waals surface area contributed by atoms with Gasteiger partial charge in [0.25, 0.3) is 0 Å². The maximum absolute atomic E-state index is 5.92. The highest BCUT2D eigenvalue weighted by Gasteiger charge is 2.15. The van der Waals surface area contributed by atoms with E-state index in [1.54, 1.807) is 19.4 Å². The number of rotatable bonds is 7. The number of nitrogens with zero attached hydrogens (tertiary/aromatic N) is 1. The number of methoxy groups -OCH3 is 1. The van der Waals surface area contributed by atoms with E-state index in [2.05, 4.69) is 22.4 Å². The Kier molecular flexibility index (Phi) is 7.79. The zero-order chi connectivity index (χ0) is 18.9. The summed E-state index contributed by atoms with van der Waals surface area (Å²) in [6.45, 7) is 1.43. The van der Waals surface area contributed by atoms with Crippen molar-refractivity contribution in [2.75, 3.05) is 7.11 Å². The summed E-state index contributed by atoms with van der Waals surface area (Å²) in [5.41, 5.74) is 2.25. The average Bonchev–Trinajstić information content (AvgIpc) is 2.67. The van der Waals surface area contributed by atoms with E-state index in [9.17, 15) is 0 Å². The smallest absolute Gasteiger partial charge is 0.161 e. The van der Waals surface area contributed by atoms with E-state index in [-0.39, 0.29) is 0 Å². The molecule has 3 rings (SSSR count). The molecule has 4 nitrogen and oxygen atoms in total. The number of hydrogen-bond donors (Lipinski definition) is 1. The third-order valence-electron chi connectivity index (χ3n) is 5.25. The summed E-state index contributed by atoms with van der Waals surface area (Å²) >= 11 is 5.82. The molecule has 0 saturated heterocycles. The average molecular weight is 390 g/mol. The van der Waals surface area contributed by atoms with Gasteiger partial charge in [-0.1, -0.05) is 36.9 Å². The van der Waals surface area contributed by atoms with Gasteiger partial charge in [0.1, 0.15) is 18.3 Å². The van der Waals surface area contributed by atoms with Crippen LogP contribution < -0.4 is 14.8 Å². The molecule has 1 aromatic heterocycles. The summed E-state index contributed by atoms with van der Waals surface area (Å²) in [6, 6.07) is 10.7. The molecule has 1 aliphatic rings. The third-order valence-corrected chi connectivity index (χ3v) is 5.47. The second-order valence-corrected chi connectivity index (χ2v) is 7.70. The van der Waals surface area contributed by atoms with E-state index in [1.165, 1.54) is 50.5 Å². The predicted molar refractivity (Wildman–Crippen MR) is 108 cm³/mol. The highest BCUT2D eigenvalue weighted by Crippen LogP contribution is 2.28. The van der Waals surface area contributed by atoms with Gasteiger partial charge in [-0.2, -0.15) is 0 Å². The fourth-order valence-electron chi connectivity index (χ4n) is 3.64. The van der Waals surface area contributed by atoms with Crippen molar-refractivity contribution in [2.24, 2.45) is 0 Å². The fourth-order valence-corrected chi connectivity index (χ4v) is 3.75. The van der Waals surface area contributed by atoms with E-state index in [1.807, 2.05) is 12.1 Å². The molecule has 1 aromatic carbocycles. The van der Waals surface area contributed by atoms with Crippen molar-refractivity contribution in [1.29, 1.82) is 0 Å². The number of benzene rings is 1. The van der Waals surface area contributed by atoms with Gasteiger partial charge in [-0.15, -0.1) is 0 Å². The third kappa shape index (κ3) is 6.40. The van der Waals surface area contributed by atoms with Crippen molar-refractivity contribution in [1.82, 2.24) is 4.98 Å². The van der Waals surface area contributed by atoms with Crippen molar-refractivity contribution < 1.29 is 14.8 Å². The molecular weight excluding hydrogens is 360 g/mol. The lowest BCUT2D eigenvalue weighted by molar-refractivity contribution is -0.706. The first kappa shape index (κ1) is 20.0. The molecule has 1 heterocycles. The van der Waals surface area contributed by atoms with Crippen LogP contribution >= 0.6 is 11.6 Å². The Morgan fingerprint density at radius 3 is 2.44 bits per heavy atom. The van der Waals surface area contributed by atoms with Gasteiger partial charge >= 0.3 is 0 Å². The molecule has 0 radical (unpaired) electrons. The Labute approximate surface area is 167 Å². The maximum atomic E-state index is 5.92. The second kappa shape index (κ2) is 10.5. The van der Waals surface area contributed by atoms with Crippen molar-refractivity contribution in [3.05, 3.63) is 52.8 Å². The van der Waals surface area contributed by atoms with Crippen LogP contribution in [0.3, 0.4) is 0 Å². The van der Waals surface area contributed by atoms with Gasteiger partial charge in [0.15, 0.2) is 11.5 Å². The highest BCUT2D eigenvalue weighted by atomic mass is 35.5. The lowest BCUT2D eigenvalue weighted by atomic mass is 9.96. The molecule has 1 aliphatic carbocycles. The van der Waals surface area contributed by atoms with Crippen LogP contribution in [0.5, 0.6) is 11.5 Å². The lowest BCUT2D eigenvalue weighted by Crippen LogP contribution is -2.88. The molecule has 0 spiro atoms. The molecule has 2 N–H and O–H groups in total. The minimum absolute atomic E-state index is 0.439. The molecule has 0 unspecified atom stereocenters. The molecular formula is C22H30ClN2O2+. The van der Waals surface area contributed by atoms with Gasteiger partial charge in [0.2, 0.25) is 0 Å². The molecule has 0 atom stereocenters. The van der Waals surface area contributed by atoms with Crippen molar-refractivity contribution >= 4 is 11.6 Å². The first-order chi connectivity index (χ1) is 13.2. The summed E-state index contributed by atoms with van der Waals surface area (Å²) in [5.74, 6) is 1.53. The summed E-state index contributed by atoms with van der Waals surface area (Å²) in [4.78, 5) is 4.08. The van der Waals surface area contributed by atoms with Gasteiger partial charge in [-0.25, -0.2) is 4.98 Å². The topological polar surface area (TPSA) is 48.0 Å². The minimum atomic E-state index is 0.439. The van der Waals surface area contributed by atoms with Crippen molar-refractivity contribution in [3.63, 3.8) is 0 Å². The number of nitrogens with two attached hydrogens (primary N) is 1. The summed E-state index contributed by atoms with van der Waals surface area (Å²) < 4.78 is 11.5. The fraction of sp³-hybridized carbons (Fsp3) is 0.500. The molecule has 1 fully saturated rings. The monoisotopic (exact) mass is 389 g/mol. The van der Waals surface area contributed by atoms with Gasteiger partial charge in [-0.05, 0) is 49.9 Å². The second-order valence-electron chi connectivity index (χ2n) is 7.31. The molecule has 146 valence electrons. The number of pyridine rings is 1. The van der Waals surface area contributed by atoms with E-state index in [0.29, 0.717) is 11.8 Å². The van der Waals surface area contributed by atoms with Gasteiger partial charge in [0.05, 0.1) is 13.2 Å². The van der Waals surface area contributed by atoms with Crippen molar-refractivity contribution in [2.45, 2.75) is 64.1 Å². The maximum Gasteiger partial charge on any atom is 0.161 e. The summed E-state index contributed by atoms with van der Waals surface area (Å²) in [7, 11) is 1.69. The summed E-state index contributed by atoms with van der Waals surface area (Å²) in [5, 5.41) is 2.99. The molecule has 0 bridgehead atoms. The molecule has 5 heteroatoms. The first-order valence-electron chi connectivity index (χ1n) is 9.98. The molecule has 2 aromatic rings. The minimum Gasteiger partial charge on any atom is -0.493 e. The first-order valence-corrected chi connectivity index (χ1v) is 10.4. The Hall–Kier alpha value is -1.78. The van der Waals surface area contributed by atoms with E-state index in [4.69, 9.17) is 21.1 Å². The number of quaternary nitrogens is 1. The highest BCUT2D eigenvalue weighted by molar-refractivity contribution is 6.29. The Bertz CT molecular complexity index is 698. The van der Waals surface area contributed by atoms with E-state index < -0.39 is 0 Å². The molecule has 1 saturated carbocycles. The van der Waals surface area contributed by atoms with Crippen LogP contribution in [-0.4, -0.2) is 18.1 Å². The van der Waals surface area contributed by atoms with Crippen molar-refractivity contribution in [3.8, 4) is 11.5 Å². The van der Waals surface area contributed by atoms with Crippen LogP contribution in [0.25, 0.3) is 0 Å². The Morgan fingerprint density at radius 2 is 1.74 bits per heavy atom. The Balaban J connectivity index is 1.55. The van der Waals surface area contributed by atoms with Crippen LogP contribution in [0.2, 0.25) is 5.15 Å². The molecule has 0 amide bonds. The van der Waals surface area contributed by atoms with Gasteiger partial charge < -0.3 is 14.8 Å². The van der Waals surface area contributed by atoms with Crippen LogP contribution in [0.15, 0.2) is 36.5 Å². The number of hydrogen-bond acceptors (Lipinski definition) is 3. The lowest BCUT2D eigenvalue weighted by Gasteiger charge is -2.18. The van der Waals surface area contributed by atoms with E-state index in [0.717, 1.165) is 29.6 Å². The molecule has 0 aliphatic heterocycles. The molecule has 27 heavy (non-hydrogen) atoms. The zero-order valence-corrected chi connectivity index (χ0v) is 16.9. The number of aromatic nitrogens is 1. The van der Waals surface area contributed by atoms with Crippen LogP contribution in [0, 0.1) is 0 Å². The predicted octanol–water partition coefficient (Wildman–Crippen LogP) is 4.50. The SMILES string of the molecule is COc1cc(C[NH2+]C2CCCCCCC2)ccc1OCc1ccc(Cl)nc1. The normalized spacial score (nSPS) is 15.8. The number of ether oxygens (including phenoxy) is 2. The standard InChI is InChI=1S/C22H29ClN2O2/c1-26-21-13-17(14-24-19-7-5-3-2-4-6-8-19)9-11-20(21)27-16-18-10-12-22(23)25-15-18/h9-13,15,19,24H,2-8,14,16H2,1H3/p+1. The van der Waals surface area contributed by atoms with Crippen LogP contribution in [0.4, 0.5) is 0 Å². The number of halogens is 1. The van der Waals surface area contributed by atoms with Gasteiger partial charge in [0, 0.05) is 17.3 Å². The summed E-state index contributed by atoms with van der Waals surface area (Å²) in [6.07, 6.45) is 11.4. The van der Waals surface area contributed by atoms with E-state index >= 15 is 0 Å². The van der Waals surface area contributed by atoms with Crippen LogP contribution in [0.1, 0.15) is 56.1 Å². The quantitative estimate of drug-likeness (QED) is 0.709. The largest absolute Gasteiger partial charge is 0.493 e.